The molecule has 2 heterocycles. The number of carbonyl (C=O) groups is 3. The van der Waals surface area contributed by atoms with Crippen LogP contribution in [0.2, 0.25) is 5.02 Å². The van der Waals surface area contributed by atoms with Crippen LogP contribution in [0.25, 0.3) is 0 Å². The van der Waals surface area contributed by atoms with E-state index in [0.29, 0.717) is 43.1 Å². The summed E-state index contributed by atoms with van der Waals surface area (Å²) in [7, 11) is 0. The van der Waals surface area contributed by atoms with Crippen LogP contribution < -0.4 is 5.32 Å². The molecule has 38 heavy (non-hydrogen) atoms. The molecule has 1 spiro atoms. The molecule has 1 N–H and O–H groups in total. The Morgan fingerprint density at radius 2 is 1.61 bits per heavy atom. The van der Waals surface area contributed by atoms with Crippen molar-refractivity contribution >= 4 is 29.3 Å². The molecule has 196 valence electrons. The van der Waals surface area contributed by atoms with Crippen LogP contribution in [0, 0.1) is 5.82 Å². The largest absolute Gasteiger partial charge is 0.353 e. The maximum absolute atomic E-state index is 14.0. The lowest BCUT2D eigenvalue weighted by Gasteiger charge is -2.44. The van der Waals surface area contributed by atoms with E-state index in [1.54, 1.807) is 29.2 Å². The Morgan fingerprint density at radius 3 is 2.29 bits per heavy atom. The molecule has 3 aromatic rings. The smallest absolute Gasteiger partial charge is 0.256 e. The average molecular weight is 536 g/mol. The van der Waals surface area contributed by atoms with Crippen molar-refractivity contribution in [1.82, 2.24) is 15.1 Å². The minimum absolute atomic E-state index is 0.00389. The normalized spacial score (nSPS) is 18.4. The maximum Gasteiger partial charge on any atom is 0.256 e. The third kappa shape index (κ3) is 5.28. The lowest BCUT2D eigenvalue weighted by Crippen LogP contribution is -2.59. The molecule has 5 rings (SSSR count). The molecule has 1 unspecified atom stereocenters. The summed E-state index contributed by atoms with van der Waals surface area (Å²) in [5.41, 5.74) is 0.439. The van der Waals surface area contributed by atoms with Crippen molar-refractivity contribution in [3.63, 3.8) is 0 Å². The number of hydrogen-bond acceptors (Lipinski definition) is 4. The van der Waals surface area contributed by atoms with Crippen LogP contribution in [0.3, 0.4) is 0 Å². The number of amides is 3. The number of rotatable bonds is 5. The zero-order valence-electron chi connectivity index (χ0n) is 20.6. The van der Waals surface area contributed by atoms with Gasteiger partial charge in [-0.25, -0.2) is 4.39 Å². The standard InChI is InChI=1S/C29H27ClFN3O4/c30-23-10-4-8-21(16-23)27(36)33-14-12-29(13-15-33)34(28(37)22-9-5-11-24(31)17-22)25(19-38-29)26(35)32-18-20-6-2-1-3-7-20/h1-11,16-17,25H,12-15,18-19H2,(H,32,35). The third-order valence-corrected chi connectivity index (χ3v) is 7.30. The van der Waals surface area contributed by atoms with E-state index in [1.165, 1.54) is 23.1 Å². The second-order valence-corrected chi connectivity index (χ2v) is 9.90. The van der Waals surface area contributed by atoms with E-state index in [0.717, 1.165) is 11.6 Å². The molecule has 0 aliphatic carbocycles. The summed E-state index contributed by atoms with van der Waals surface area (Å²) < 4.78 is 20.2. The molecule has 9 heteroatoms. The number of hydrogen-bond donors (Lipinski definition) is 1. The van der Waals surface area contributed by atoms with Crippen LogP contribution >= 0.6 is 11.6 Å². The number of halogens is 2. The number of piperidine rings is 1. The fraction of sp³-hybridized carbons (Fsp3) is 0.276. The molecule has 2 fully saturated rings. The van der Waals surface area contributed by atoms with E-state index in [4.69, 9.17) is 16.3 Å². The first-order valence-electron chi connectivity index (χ1n) is 12.5. The first-order chi connectivity index (χ1) is 18.4. The summed E-state index contributed by atoms with van der Waals surface area (Å²) in [6, 6.07) is 20.7. The predicted molar refractivity (Wildman–Crippen MR) is 140 cm³/mol. The summed E-state index contributed by atoms with van der Waals surface area (Å²) in [5.74, 6) is -1.55. The van der Waals surface area contributed by atoms with Crippen molar-refractivity contribution in [1.29, 1.82) is 0 Å². The Morgan fingerprint density at radius 1 is 0.921 bits per heavy atom. The highest BCUT2D eigenvalue weighted by Crippen LogP contribution is 2.39. The van der Waals surface area contributed by atoms with Gasteiger partial charge in [-0.15, -0.1) is 0 Å². The summed E-state index contributed by atoms with van der Waals surface area (Å²) in [5, 5.41) is 3.37. The van der Waals surface area contributed by atoms with Crippen molar-refractivity contribution in [2.75, 3.05) is 19.7 Å². The van der Waals surface area contributed by atoms with Crippen molar-refractivity contribution in [3.8, 4) is 0 Å². The second kappa shape index (κ2) is 10.9. The molecule has 2 saturated heterocycles. The van der Waals surface area contributed by atoms with Crippen molar-refractivity contribution in [2.24, 2.45) is 0 Å². The van der Waals surface area contributed by atoms with Gasteiger partial charge in [-0.2, -0.15) is 0 Å². The van der Waals surface area contributed by atoms with Gasteiger partial charge in [0.15, 0.2) is 0 Å². The van der Waals surface area contributed by atoms with E-state index >= 15 is 0 Å². The van der Waals surface area contributed by atoms with Gasteiger partial charge in [0.05, 0.1) is 6.61 Å². The summed E-state index contributed by atoms with van der Waals surface area (Å²) >= 11 is 6.06. The molecular weight excluding hydrogens is 509 g/mol. The first-order valence-corrected chi connectivity index (χ1v) is 12.8. The number of nitrogens with zero attached hydrogens (tertiary/aromatic N) is 2. The highest BCUT2D eigenvalue weighted by molar-refractivity contribution is 6.30. The van der Waals surface area contributed by atoms with Crippen molar-refractivity contribution in [2.45, 2.75) is 31.2 Å². The molecule has 7 nitrogen and oxygen atoms in total. The Labute approximate surface area is 225 Å². The number of ether oxygens (including phenoxy) is 1. The topological polar surface area (TPSA) is 79.0 Å². The summed E-state index contributed by atoms with van der Waals surface area (Å²) in [4.78, 5) is 43.2. The second-order valence-electron chi connectivity index (χ2n) is 9.46. The van der Waals surface area contributed by atoms with Crippen LogP contribution in [0.1, 0.15) is 39.1 Å². The lowest BCUT2D eigenvalue weighted by atomic mass is 9.96. The fourth-order valence-electron chi connectivity index (χ4n) is 5.09. The molecule has 2 aliphatic heterocycles. The minimum Gasteiger partial charge on any atom is -0.353 e. The van der Waals surface area contributed by atoms with E-state index in [-0.39, 0.29) is 24.0 Å². The predicted octanol–water partition coefficient (Wildman–Crippen LogP) is 4.27. The van der Waals surface area contributed by atoms with Gasteiger partial charge >= 0.3 is 0 Å². The summed E-state index contributed by atoms with van der Waals surface area (Å²) in [6.07, 6.45) is 0.617. The van der Waals surface area contributed by atoms with Crippen LogP contribution in [-0.2, 0) is 16.1 Å². The molecule has 0 radical (unpaired) electrons. The Bertz CT molecular complexity index is 1340. The van der Waals surface area contributed by atoms with Gasteiger partial charge in [0, 0.05) is 48.6 Å². The number of nitrogens with one attached hydrogen (secondary N) is 1. The molecule has 0 saturated carbocycles. The lowest BCUT2D eigenvalue weighted by molar-refractivity contribution is -0.128. The van der Waals surface area contributed by atoms with Crippen molar-refractivity contribution < 1.29 is 23.5 Å². The molecule has 3 aromatic carbocycles. The van der Waals surface area contributed by atoms with Gasteiger partial charge in [-0.1, -0.05) is 54.1 Å². The van der Waals surface area contributed by atoms with Crippen LogP contribution in [0.5, 0.6) is 0 Å². The van der Waals surface area contributed by atoms with E-state index in [9.17, 15) is 18.8 Å². The zero-order valence-corrected chi connectivity index (χ0v) is 21.4. The van der Waals surface area contributed by atoms with Gasteiger partial charge in [0.2, 0.25) is 5.91 Å². The molecule has 1 atom stereocenters. The minimum atomic E-state index is -1.09. The quantitative estimate of drug-likeness (QED) is 0.529. The van der Waals surface area contributed by atoms with Gasteiger partial charge < -0.3 is 15.0 Å². The molecule has 2 aliphatic rings. The Kier molecular flexibility index (Phi) is 7.44. The fourth-order valence-corrected chi connectivity index (χ4v) is 5.28. The molecular formula is C29H27ClFN3O4. The van der Waals surface area contributed by atoms with Crippen LogP contribution in [0.4, 0.5) is 4.39 Å². The van der Waals surface area contributed by atoms with Crippen molar-refractivity contribution in [3.05, 3.63) is 106 Å². The van der Waals surface area contributed by atoms with Gasteiger partial charge in [-0.05, 0) is 42.0 Å². The average Bonchev–Trinajstić information content (AvgIpc) is 3.30. The number of benzene rings is 3. The zero-order chi connectivity index (χ0) is 26.7. The molecule has 3 amide bonds. The van der Waals surface area contributed by atoms with Crippen LogP contribution in [0.15, 0.2) is 78.9 Å². The Balaban J connectivity index is 1.37. The number of likely N-dealkylation sites (tertiary alicyclic amines) is 1. The monoisotopic (exact) mass is 535 g/mol. The van der Waals surface area contributed by atoms with E-state index < -0.39 is 23.5 Å². The SMILES string of the molecule is O=C(NCc1ccccc1)C1COC2(CCN(C(=O)c3cccc(Cl)c3)CC2)N1C(=O)c1cccc(F)c1. The third-order valence-electron chi connectivity index (χ3n) is 7.07. The van der Waals surface area contributed by atoms with Crippen LogP contribution in [-0.4, -0.2) is 59.0 Å². The summed E-state index contributed by atoms with van der Waals surface area (Å²) in [6.45, 7) is 0.935. The highest BCUT2D eigenvalue weighted by atomic mass is 35.5. The van der Waals surface area contributed by atoms with Gasteiger partial charge in [0.1, 0.15) is 17.6 Å². The Hall–Kier alpha value is -3.75. The molecule has 0 aromatic heterocycles. The molecule has 0 bridgehead atoms. The van der Waals surface area contributed by atoms with Gasteiger partial charge in [-0.3, -0.25) is 19.3 Å². The van der Waals surface area contributed by atoms with E-state index in [2.05, 4.69) is 5.32 Å². The first kappa shape index (κ1) is 25.9. The number of carbonyl (C=O) groups excluding carboxylic acids is 3. The van der Waals surface area contributed by atoms with E-state index in [1.807, 2.05) is 30.3 Å². The maximum atomic E-state index is 14.0. The van der Waals surface area contributed by atoms with Gasteiger partial charge in [0.25, 0.3) is 11.8 Å². The highest BCUT2D eigenvalue weighted by Gasteiger charge is 2.54.